The summed E-state index contributed by atoms with van der Waals surface area (Å²) in [7, 11) is 1.59. The second kappa shape index (κ2) is 8.32. The van der Waals surface area contributed by atoms with Crippen molar-refractivity contribution >= 4 is 33.9 Å². The highest BCUT2D eigenvalue weighted by Gasteiger charge is 2.24. The van der Waals surface area contributed by atoms with Crippen molar-refractivity contribution in [3.63, 3.8) is 0 Å². The van der Waals surface area contributed by atoms with Gasteiger partial charge in [-0.3, -0.25) is 0 Å². The number of hydrogen-bond acceptors (Lipinski definition) is 4. The zero-order chi connectivity index (χ0) is 18.5. The van der Waals surface area contributed by atoms with Crippen molar-refractivity contribution < 1.29 is 14.3 Å². The van der Waals surface area contributed by atoms with Crippen LogP contribution in [0.1, 0.15) is 36.5 Å². The van der Waals surface area contributed by atoms with Gasteiger partial charge in [-0.15, -0.1) is 0 Å². The van der Waals surface area contributed by atoms with E-state index in [9.17, 15) is 4.79 Å². The third-order valence-electron chi connectivity index (χ3n) is 4.12. The first-order chi connectivity index (χ1) is 12.6. The lowest BCUT2D eigenvalue weighted by Crippen LogP contribution is -2.05. The quantitative estimate of drug-likeness (QED) is 0.486. The Labute approximate surface area is 161 Å². The smallest absolute Gasteiger partial charge is 0.363 e. The largest absolute Gasteiger partial charge is 0.496 e. The van der Waals surface area contributed by atoms with Gasteiger partial charge in [0.05, 0.1) is 7.11 Å². The number of ether oxygens (including phenoxy) is 2. The predicted octanol–water partition coefficient (Wildman–Crippen LogP) is 5.14. The molecule has 0 aromatic heterocycles. The summed E-state index contributed by atoms with van der Waals surface area (Å²) in [5, 5.41) is 0. The van der Waals surface area contributed by atoms with Crippen molar-refractivity contribution in [3.05, 3.63) is 69.3 Å². The van der Waals surface area contributed by atoms with Gasteiger partial charge in [0.25, 0.3) is 0 Å². The number of carbonyl (C=O) groups is 1. The first kappa shape index (κ1) is 18.4. The summed E-state index contributed by atoms with van der Waals surface area (Å²) in [5.41, 5.74) is 3.08. The summed E-state index contributed by atoms with van der Waals surface area (Å²) >= 11 is 3.43. The SMILES string of the molecule is CCCCc1ccc(C2=NC(=Cc3cc(Br)ccc3OC)C(=O)O2)cc1. The first-order valence-electron chi connectivity index (χ1n) is 8.56. The second-order valence-corrected chi connectivity index (χ2v) is 6.94. The lowest BCUT2D eigenvalue weighted by atomic mass is 10.1. The molecule has 0 aliphatic carbocycles. The van der Waals surface area contributed by atoms with Crippen molar-refractivity contribution in [1.82, 2.24) is 0 Å². The van der Waals surface area contributed by atoms with E-state index in [4.69, 9.17) is 9.47 Å². The number of unbranched alkanes of at least 4 members (excludes halogenated alkanes) is 1. The maximum Gasteiger partial charge on any atom is 0.363 e. The molecule has 4 nitrogen and oxygen atoms in total. The maximum atomic E-state index is 12.2. The van der Waals surface area contributed by atoms with E-state index in [2.05, 4.69) is 40.0 Å². The molecule has 0 N–H and O–H groups in total. The van der Waals surface area contributed by atoms with E-state index in [0.29, 0.717) is 11.6 Å². The summed E-state index contributed by atoms with van der Waals surface area (Å²) in [5.74, 6) is 0.534. The van der Waals surface area contributed by atoms with Crippen LogP contribution in [0.3, 0.4) is 0 Å². The van der Waals surface area contributed by atoms with E-state index in [1.807, 2.05) is 30.3 Å². The molecule has 1 heterocycles. The first-order valence-corrected chi connectivity index (χ1v) is 9.35. The van der Waals surface area contributed by atoms with Crippen LogP contribution in [0.4, 0.5) is 0 Å². The predicted molar refractivity (Wildman–Crippen MR) is 106 cm³/mol. The third kappa shape index (κ3) is 4.22. The number of halogens is 1. The topological polar surface area (TPSA) is 47.9 Å². The molecule has 0 saturated heterocycles. The molecule has 134 valence electrons. The standard InChI is InChI=1S/C21H20BrNO3/c1-3-4-5-14-6-8-15(9-7-14)20-23-18(21(24)26-20)13-16-12-17(22)10-11-19(16)25-2/h6-13H,3-5H2,1-2H3. The molecule has 0 bridgehead atoms. The lowest BCUT2D eigenvalue weighted by molar-refractivity contribution is -0.129. The van der Waals surface area contributed by atoms with Gasteiger partial charge in [0.1, 0.15) is 5.75 Å². The number of aliphatic imine (C=N–C) groups is 1. The van der Waals surface area contributed by atoms with E-state index < -0.39 is 5.97 Å². The van der Waals surface area contributed by atoms with Crippen LogP contribution in [0.25, 0.3) is 6.08 Å². The molecule has 0 unspecified atom stereocenters. The van der Waals surface area contributed by atoms with Crippen molar-refractivity contribution in [3.8, 4) is 5.75 Å². The van der Waals surface area contributed by atoms with E-state index in [1.54, 1.807) is 13.2 Å². The van der Waals surface area contributed by atoms with Gasteiger partial charge in [0, 0.05) is 15.6 Å². The maximum absolute atomic E-state index is 12.2. The monoisotopic (exact) mass is 413 g/mol. The molecule has 0 amide bonds. The van der Waals surface area contributed by atoms with Gasteiger partial charge in [0.15, 0.2) is 5.70 Å². The molecule has 0 spiro atoms. The summed E-state index contributed by atoms with van der Waals surface area (Å²) in [6, 6.07) is 13.6. The van der Waals surface area contributed by atoms with Crippen molar-refractivity contribution in [2.75, 3.05) is 7.11 Å². The van der Waals surface area contributed by atoms with Gasteiger partial charge in [-0.25, -0.2) is 9.79 Å². The van der Waals surface area contributed by atoms with Crippen LogP contribution in [0.2, 0.25) is 0 Å². The third-order valence-corrected chi connectivity index (χ3v) is 4.62. The Balaban J connectivity index is 1.86. The highest BCUT2D eigenvalue weighted by atomic mass is 79.9. The average Bonchev–Trinajstić information content (AvgIpc) is 3.01. The van der Waals surface area contributed by atoms with Gasteiger partial charge < -0.3 is 9.47 Å². The number of rotatable bonds is 6. The summed E-state index contributed by atoms with van der Waals surface area (Å²) in [6.45, 7) is 2.18. The fourth-order valence-electron chi connectivity index (χ4n) is 2.69. The van der Waals surface area contributed by atoms with Crippen molar-refractivity contribution in [2.24, 2.45) is 4.99 Å². The molecule has 26 heavy (non-hydrogen) atoms. The summed E-state index contributed by atoms with van der Waals surface area (Å²) < 4.78 is 11.6. The van der Waals surface area contributed by atoms with E-state index >= 15 is 0 Å². The summed E-state index contributed by atoms with van der Waals surface area (Å²) in [6.07, 6.45) is 5.06. The second-order valence-electron chi connectivity index (χ2n) is 6.02. The Morgan fingerprint density at radius 1 is 1.19 bits per heavy atom. The fourth-order valence-corrected chi connectivity index (χ4v) is 3.07. The number of esters is 1. The minimum atomic E-state index is -0.461. The number of carbonyl (C=O) groups excluding carboxylic acids is 1. The van der Waals surface area contributed by atoms with Gasteiger partial charge in [-0.2, -0.15) is 0 Å². The van der Waals surface area contributed by atoms with Gasteiger partial charge in [0.2, 0.25) is 5.90 Å². The normalized spacial score (nSPS) is 15.1. The van der Waals surface area contributed by atoms with Crippen LogP contribution >= 0.6 is 15.9 Å². The Morgan fingerprint density at radius 3 is 2.65 bits per heavy atom. The zero-order valence-corrected chi connectivity index (χ0v) is 16.4. The van der Waals surface area contributed by atoms with Crippen LogP contribution in [0.15, 0.2) is 57.6 Å². The Kier molecular flexibility index (Phi) is 5.89. The molecular formula is C21H20BrNO3. The molecule has 1 aliphatic heterocycles. The minimum Gasteiger partial charge on any atom is -0.496 e. The molecule has 2 aromatic rings. The van der Waals surface area contributed by atoms with Crippen molar-refractivity contribution in [1.29, 1.82) is 0 Å². The van der Waals surface area contributed by atoms with Crippen molar-refractivity contribution in [2.45, 2.75) is 26.2 Å². The molecule has 0 atom stereocenters. The Morgan fingerprint density at radius 2 is 1.96 bits per heavy atom. The number of benzene rings is 2. The molecule has 2 aromatic carbocycles. The van der Waals surface area contributed by atoms with E-state index in [-0.39, 0.29) is 5.70 Å². The van der Waals surface area contributed by atoms with E-state index in [1.165, 1.54) is 12.0 Å². The number of cyclic esters (lactones) is 1. The van der Waals surface area contributed by atoms with Crippen LogP contribution in [0, 0.1) is 0 Å². The molecular weight excluding hydrogens is 394 g/mol. The minimum absolute atomic E-state index is 0.256. The fraction of sp³-hybridized carbons (Fsp3) is 0.238. The number of aryl methyl sites for hydroxylation is 1. The Hall–Kier alpha value is -2.40. The average molecular weight is 414 g/mol. The molecule has 0 saturated carbocycles. The zero-order valence-electron chi connectivity index (χ0n) is 14.8. The van der Waals surface area contributed by atoms with Crippen LogP contribution in [-0.2, 0) is 16.0 Å². The van der Waals surface area contributed by atoms with Gasteiger partial charge in [-0.1, -0.05) is 41.4 Å². The van der Waals surface area contributed by atoms with Gasteiger partial charge in [-0.05, 0) is 54.8 Å². The van der Waals surface area contributed by atoms with Gasteiger partial charge >= 0.3 is 5.97 Å². The Bertz CT molecular complexity index is 869. The molecule has 3 rings (SSSR count). The lowest BCUT2D eigenvalue weighted by Gasteiger charge is -2.04. The highest BCUT2D eigenvalue weighted by molar-refractivity contribution is 9.10. The van der Waals surface area contributed by atoms with Crippen LogP contribution in [0.5, 0.6) is 5.75 Å². The number of nitrogens with zero attached hydrogens (tertiary/aromatic N) is 1. The number of hydrogen-bond donors (Lipinski definition) is 0. The summed E-state index contributed by atoms with van der Waals surface area (Å²) in [4.78, 5) is 16.6. The molecule has 1 aliphatic rings. The van der Waals surface area contributed by atoms with Crippen LogP contribution in [-0.4, -0.2) is 19.0 Å². The molecule has 0 radical (unpaired) electrons. The highest BCUT2D eigenvalue weighted by Crippen LogP contribution is 2.27. The number of methoxy groups -OCH3 is 1. The molecule has 0 fully saturated rings. The van der Waals surface area contributed by atoms with E-state index in [0.717, 1.165) is 28.4 Å². The van der Waals surface area contributed by atoms with Crippen LogP contribution < -0.4 is 4.74 Å². The molecule has 5 heteroatoms.